The molecule has 2 N–H and O–H groups in total. The van der Waals surface area contributed by atoms with Gasteiger partial charge in [-0.2, -0.15) is 0 Å². The number of para-hydroxylation sites is 1. The number of piperazine rings is 1. The highest BCUT2D eigenvalue weighted by molar-refractivity contribution is 5.96. The topological polar surface area (TPSA) is 68.4 Å². The van der Waals surface area contributed by atoms with Gasteiger partial charge in [-0.25, -0.2) is 4.39 Å². The number of anilines is 1. The maximum atomic E-state index is 14.2. The Bertz CT molecular complexity index is 1670. The molecule has 1 saturated heterocycles. The lowest BCUT2D eigenvalue weighted by molar-refractivity contribution is -0.129. The molecule has 5 aromatic rings. The number of amides is 2. The first-order valence-corrected chi connectivity index (χ1v) is 13.8. The van der Waals surface area contributed by atoms with Crippen LogP contribution in [0, 0.1) is 5.82 Å². The van der Waals surface area contributed by atoms with Crippen LogP contribution in [0.25, 0.3) is 22.0 Å². The molecular formula is C34H31FN4O2. The molecule has 0 bridgehead atoms. The van der Waals surface area contributed by atoms with Crippen LogP contribution in [0.2, 0.25) is 0 Å². The molecule has 0 saturated carbocycles. The number of benzene rings is 4. The van der Waals surface area contributed by atoms with Crippen molar-refractivity contribution in [2.75, 3.05) is 31.1 Å². The van der Waals surface area contributed by atoms with E-state index in [1.54, 1.807) is 19.1 Å². The van der Waals surface area contributed by atoms with Crippen LogP contribution in [-0.2, 0) is 4.79 Å². The third-order valence-electron chi connectivity index (χ3n) is 7.73. The van der Waals surface area contributed by atoms with Crippen LogP contribution in [0.3, 0.4) is 0 Å². The van der Waals surface area contributed by atoms with Crippen molar-refractivity contribution >= 4 is 28.4 Å². The average Bonchev–Trinajstić information content (AvgIpc) is 3.44. The van der Waals surface area contributed by atoms with Crippen LogP contribution < -0.4 is 10.2 Å². The highest BCUT2D eigenvalue weighted by Crippen LogP contribution is 2.28. The van der Waals surface area contributed by atoms with Crippen LogP contribution in [0.4, 0.5) is 10.1 Å². The predicted octanol–water partition coefficient (Wildman–Crippen LogP) is 6.16. The highest BCUT2D eigenvalue weighted by atomic mass is 19.1. The minimum absolute atomic E-state index is 0.118. The molecule has 7 heteroatoms. The molecule has 206 valence electrons. The number of carbonyl (C=O) groups is 2. The van der Waals surface area contributed by atoms with Gasteiger partial charge in [0.25, 0.3) is 5.91 Å². The molecule has 1 atom stereocenters. The van der Waals surface area contributed by atoms with Gasteiger partial charge >= 0.3 is 0 Å². The molecule has 2 amide bonds. The molecule has 0 radical (unpaired) electrons. The maximum absolute atomic E-state index is 14.2. The number of fused-ring (bicyclic) bond motifs is 1. The van der Waals surface area contributed by atoms with Gasteiger partial charge < -0.3 is 20.1 Å². The Morgan fingerprint density at radius 1 is 0.805 bits per heavy atom. The number of aromatic amines is 1. The number of halogens is 1. The van der Waals surface area contributed by atoms with Crippen LogP contribution in [0.1, 0.15) is 34.6 Å². The number of nitrogens with zero attached hydrogens (tertiary/aromatic N) is 2. The first-order valence-electron chi connectivity index (χ1n) is 13.8. The summed E-state index contributed by atoms with van der Waals surface area (Å²) in [7, 11) is 0. The first-order chi connectivity index (χ1) is 19.9. The van der Waals surface area contributed by atoms with Crippen molar-refractivity contribution < 1.29 is 14.0 Å². The Hall–Kier alpha value is -4.91. The molecule has 6 rings (SSSR count). The van der Waals surface area contributed by atoms with Crippen molar-refractivity contribution in [1.29, 1.82) is 0 Å². The Morgan fingerprint density at radius 3 is 2.29 bits per heavy atom. The largest absolute Gasteiger partial charge is 0.368 e. The molecule has 1 aliphatic rings. The molecule has 1 fully saturated rings. The molecule has 0 aliphatic carbocycles. The second-order valence-corrected chi connectivity index (χ2v) is 10.4. The molecule has 6 nitrogen and oxygen atoms in total. The van der Waals surface area contributed by atoms with Crippen molar-refractivity contribution in [2.45, 2.75) is 13.0 Å². The van der Waals surface area contributed by atoms with E-state index in [-0.39, 0.29) is 17.6 Å². The number of nitrogens with one attached hydrogen (secondary N) is 2. The standard InChI is InChI=1S/C34H31FN4O2/c1-23(40)38-16-18-39(19-17-38)30-14-12-24(13-15-30)25-7-4-9-28(20-25)34(41)37-33(27-8-5-10-29(35)21-27)32-22-26-6-2-3-11-31(26)36-32/h2-15,20-22,33,36H,16-19H2,1H3,(H,37,41)/t33-/m1/s1. The van der Waals surface area contributed by atoms with Crippen molar-refractivity contribution in [2.24, 2.45) is 0 Å². The molecule has 0 unspecified atom stereocenters. The van der Waals surface area contributed by atoms with Gasteiger partial charge in [0.05, 0.1) is 6.04 Å². The van der Waals surface area contributed by atoms with Gasteiger partial charge in [-0.05, 0) is 70.6 Å². The summed E-state index contributed by atoms with van der Waals surface area (Å²) in [4.78, 5) is 32.7. The summed E-state index contributed by atoms with van der Waals surface area (Å²) in [6.07, 6.45) is 0. The zero-order chi connectivity index (χ0) is 28.3. The Labute approximate surface area is 238 Å². The third kappa shape index (κ3) is 5.70. The fourth-order valence-corrected chi connectivity index (χ4v) is 5.48. The van der Waals surface area contributed by atoms with Gasteiger partial charge in [0.1, 0.15) is 5.82 Å². The minimum atomic E-state index is -0.558. The van der Waals surface area contributed by atoms with Gasteiger partial charge in [-0.3, -0.25) is 9.59 Å². The van der Waals surface area contributed by atoms with E-state index in [9.17, 15) is 14.0 Å². The van der Waals surface area contributed by atoms with Gasteiger partial charge in [-0.15, -0.1) is 0 Å². The molecule has 4 aromatic carbocycles. The number of carbonyl (C=O) groups excluding carboxylic acids is 2. The number of hydrogen-bond donors (Lipinski definition) is 2. The zero-order valence-corrected chi connectivity index (χ0v) is 22.8. The lowest BCUT2D eigenvalue weighted by atomic mass is 10.0. The van der Waals surface area contributed by atoms with E-state index >= 15 is 0 Å². The molecule has 41 heavy (non-hydrogen) atoms. The number of hydrogen-bond acceptors (Lipinski definition) is 3. The third-order valence-corrected chi connectivity index (χ3v) is 7.73. The minimum Gasteiger partial charge on any atom is -0.368 e. The van der Waals surface area contributed by atoms with E-state index in [1.807, 2.05) is 59.5 Å². The molecule has 0 spiro atoms. The smallest absolute Gasteiger partial charge is 0.252 e. The SMILES string of the molecule is CC(=O)N1CCN(c2ccc(-c3cccc(C(=O)N[C@H](c4cccc(F)c4)c4cc5ccccc5[nH]4)c3)cc2)CC1. The Kier molecular flexibility index (Phi) is 7.25. The second kappa shape index (κ2) is 11.3. The monoisotopic (exact) mass is 546 g/mol. The van der Waals surface area contributed by atoms with E-state index in [4.69, 9.17) is 0 Å². The van der Waals surface area contributed by atoms with E-state index in [1.165, 1.54) is 12.1 Å². The number of rotatable bonds is 6. The summed E-state index contributed by atoms with van der Waals surface area (Å²) in [5.74, 6) is -0.490. The highest BCUT2D eigenvalue weighted by Gasteiger charge is 2.21. The quantitative estimate of drug-likeness (QED) is 0.268. The van der Waals surface area contributed by atoms with Crippen molar-refractivity contribution in [3.63, 3.8) is 0 Å². The summed E-state index contributed by atoms with van der Waals surface area (Å²) in [6.45, 7) is 4.67. The number of aromatic nitrogens is 1. The molecular weight excluding hydrogens is 515 g/mol. The van der Waals surface area contributed by atoms with E-state index in [2.05, 4.69) is 39.5 Å². The van der Waals surface area contributed by atoms with Crippen molar-refractivity contribution in [3.05, 3.63) is 126 Å². The summed E-state index contributed by atoms with van der Waals surface area (Å²) < 4.78 is 14.2. The Morgan fingerprint density at radius 2 is 1.56 bits per heavy atom. The van der Waals surface area contributed by atoms with Crippen LogP contribution in [0.15, 0.2) is 103 Å². The molecule has 1 aliphatic heterocycles. The zero-order valence-electron chi connectivity index (χ0n) is 22.8. The Balaban J connectivity index is 1.22. The maximum Gasteiger partial charge on any atom is 0.252 e. The first kappa shape index (κ1) is 26.3. The number of H-pyrrole nitrogens is 1. The van der Waals surface area contributed by atoms with Crippen molar-refractivity contribution in [3.8, 4) is 11.1 Å². The molecule has 1 aromatic heterocycles. The van der Waals surface area contributed by atoms with Crippen LogP contribution in [0.5, 0.6) is 0 Å². The average molecular weight is 547 g/mol. The van der Waals surface area contributed by atoms with Crippen molar-refractivity contribution in [1.82, 2.24) is 15.2 Å². The van der Waals surface area contributed by atoms with Gasteiger partial charge in [-0.1, -0.05) is 54.6 Å². The van der Waals surface area contributed by atoms with E-state index in [0.717, 1.165) is 59.6 Å². The lowest BCUT2D eigenvalue weighted by Gasteiger charge is -2.35. The van der Waals surface area contributed by atoms with Gasteiger partial charge in [0.15, 0.2) is 0 Å². The van der Waals surface area contributed by atoms with Crippen LogP contribution >= 0.6 is 0 Å². The molecule has 2 heterocycles. The fraction of sp³-hybridized carbons (Fsp3) is 0.176. The normalized spacial score (nSPS) is 14.2. The van der Waals surface area contributed by atoms with E-state index in [0.29, 0.717) is 11.1 Å². The van der Waals surface area contributed by atoms with Gasteiger partial charge in [0, 0.05) is 55.6 Å². The van der Waals surface area contributed by atoms with Gasteiger partial charge in [0.2, 0.25) is 5.91 Å². The summed E-state index contributed by atoms with van der Waals surface area (Å²) >= 11 is 0. The van der Waals surface area contributed by atoms with E-state index < -0.39 is 6.04 Å². The predicted molar refractivity (Wildman–Crippen MR) is 160 cm³/mol. The summed E-state index contributed by atoms with van der Waals surface area (Å²) in [5.41, 5.74) is 5.94. The summed E-state index contributed by atoms with van der Waals surface area (Å²) in [6, 6.07) is 31.5. The lowest BCUT2D eigenvalue weighted by Crippen LogP contribution is -2.48. The van der Waals surface area contributed by atoms with Crippen LogP contribution in [-0.4, -0.2) is 47.9 Å². The second-order valence-electron chi connectivity index (χ2n) is 10.4. The summed E-state index contributed by atoms with van der Waals surface area (Å²) in [5, 5.41) is 4.14. The fourth-order valence-electron chi connectivity index (χ4n) is 5.48.